The fourth-order valence-corrected chi connectivity index (χ4v) is 5.43. The van der Waals surface area contributed by atoms with Crippen molar-refractivity contribution in [2.75, 3.05) is 22.8 Å². The third kappa shape index (κ3) is 4.45. The summed E-state index contributed by atoms with van der Waals surface area (Å²) in [4.78, 5) is 12.3. The van der Waals surface area contributed by atoms with E-state index in [1.54, 1.807) is 6.07 Å². The van der Waals surface area contributed by atoms with E-state index in [4.69, 9.17) is 16.3 Å². The molecule has 0 atom stereocenters. The largest absolute Gasteiger partial charge is 0.482 e. The molecule has 0 saturated heterocycles. The van der Waals surface area contributed by atoms with Crippen molar-refractivity contribution in [1.29, 1.82) is 0 Å². The topological polar surface area (TPSA) is 75.7 Å². The van der Waals surface area contributed by atoms with Crippen molar-refractivity contribution in [2.24, 2.45) is 0 Å². The predicted octanol–water partition coefficient (Wildman–Crippen LogP) is 4.73. The number of anilines is 2. The van der Waals surface area contributed by atoms with Gasteiger partial charge in [0.2, 0.25) is 0 Å². The smallest absolute Gasteiger partial charge is 0.264 e. The maximum Gasteiger partial charge on any atom is 0.264 e. The normalized spacial score (nSPS) is 13.0. The lowest BCUT2D eigenvalue weighted by Gasteiger charge is -2.20. The quantitative estimate of drug-likeness (QED) is 0.565. The van der Waals surface area contributed by atoms with Gasteiger partial charge in [0.15, 0.2) is 6.61 Å². The van der Waals surface area contributed by atoms with Crippen LogP contribution in [0.25, 0.3) is 0 Å². The van der Waals surface area contributed by atoms with Gasteiger partial charge in [0, 0.05) is 12.2 Å². The van der Waals surface area contributed by atoms with E-state index >= 15 is 0 Å². The summed E-state index contributed by atoms with van der Waals surface area (Å²) in [5.41, 5.74) is 4.58. The van der Waals surface area contributed by atoms with Crippen molar-refractivity contribution in [1.82, 2.24) is 0 Å². The molecule has 0 unspecified atom stereocenters. The van der Waals surface area contributed by atoms with Crippen LogP contribution in [0.3, 0.4) is 0 Å². The van der Waals surface area contributed by atoms with Crippen molar-refractivity contribution in [2.45, 2.75) is 25.2 Å². The minimum atomic E-state index is -3.76. The maximum absolute atomic E-state index is 13.1. The molecule has 1 N–H and O–H groups in total. The van der Waals surface area contributed by atoms with Crippen molar-refractivity contribution in [3.05, 3.63) is 82.4 Å². The Labute approximate surface area is 192 Å². The number of sulfonamides is 1. The van der Waals surface area contributed by atoms with Gasteiger partial charge in [-0.3, -0.25) is 9.10 Å². The lowest BCUT2D eigenvalue weighted by atomic mass is 10.1. The number of benzene rings is 3. The minimum Gasteiger partial charge on any atom is -0.482 e. The van der Waals surface area contributed by atoms with Gasteiger partial charge in [-0.25, -0.2) is 8.42 Å². The first-order chi connectivity index (χ1) is 15.3. The van der Waals surface area contributed by atoms with E-state index in [0.29, 0.717) is 24.3 Å². The van der Waals surface area contributed by atoms with Crippen LogP contribution in [0.5, 0.6) is 5.75 Å². The Hall–Kier alpha value is -3.03. The van der Waals surface area contributed by atoms with E-state index in [2.05, 4.69) is 5.32 Å². The fourth-order valence-electron chi connectivity index (χ4n) is 3.60. The highest BCUT2D eigenvalue weighted by Crippen LogP contribution is 2.35. The lowest BCUT2D eigenvalue weighted by molar-refractivity contribution is -0.118. The molecular formula is C24H23ClN2O4S. The van der Waals surface area contributed by atoms with E-state index in [1.807, 2.05) is 50.2 Å². The molecule has 166 valence electrons. The van der Waals surface area contributed by atoms with E-state index in [-0.39, 0.29) is 28.2 Å². The molecule has 1 amide bonds. The van der Waals surface area contributed by atoms with Gasteiger partial charge in [-0.1, -0.05) is 35.9 Å². The number of nitrogens with one attached hydrogen (secondary N) is 1. The SMILES string of the molecule is Cc1ccc(NC(=O)COc2ccc(S(=O)(=O)N3CCc4ccccc43)cc2Cl)cc1C. The third-order valence-electron chi connectivity index (χ3n) is 5.49. The number of nitrogens with zero attached hydrogens (tertiary/aromatic N) is 1. The molecule has 0 aromatic heterocycles. The molecule has 0 saturated carbocycles. The summed E-state index contributed by atoms with van der Waals surface area (Å²) >= 11 is 6.28. The highest BCUT2D eigenvalue weighted by molar-refractivity contribution is 7.92. The van der Waals surface area contributed by atoms with Crippen molar-refractivity contribution in [3.8, 4) is 5.75 Å². The monoisotopic (exact) mass is 470 g/mol. The Morgan fingerprint density at radius 1 is 1.06 bits per heavy atom. The minimum absolute atomic E-state index is 0.0751. The molecule has 4 rings (SSSR count). The summed E-state index contributed by atoms with van der Waals surface area (Å²) < 4.78 is 33.2. The van der Waals surface area contributed by atoms with Crippen LogP contribution < -0.4 is 14.4 Å². The lowest BCUT2D eigenvalue weighted by Crippen LogP contribution is -2.29. The van der Waals surface area contributed by atoms with Crippen LogP contribution >= 0.6 is 11.6 Å². The van der Waals surface area contributed by atoms with E-state index < -0.39 is 10.0 Å². The summed E-state index contributed by atoms with van der Waals surface area (Å²) in [5, 5.41) is 2.89. The number of para-hydroxylation sites is 1. The molecule has 1 heterocycles. The van der Waals surface area contributed by atoms with E-state index in [1.165, 1.54) is 22.5 Å². The average Bonchev–Trinajstić information content (AvgIpc) is 3.20. The molecule has 1 aliphatic heterocycles. The first-order valence-electron chi connectivity index (χ1n) is 10.2. The van der Waals surface area contributed by atoms with Gasteiger partial charge >= 0.3 is 0 Å². The van der Waals surface area contributed by atoms with Gasteiger partial charge < -0.3 is 10.1 Å². The molecule has 1 aliphatic rings. The van der Waals surface area contributed by atoms with Crippen molar-refractivity contribution < 1.29 is 17.9 Å². The number of hydrogen-bond donors (Lipinski definition) is 1. The zero-order valence-corrected chi connectivity index (χ0v) is 19.3. The van der Waals surface area contributed by atoms with Gasteiger partial charge in [-0.15, -0.1) is 0 Å². The highest BCUT2D eigenvalue weighted by Gasteiger charge is 2.31. The molecule has 8 heteroatoms. The number of fused-ring (bicyclic) bond motifs is 1. The van der Waals surface area contributed by atoms with Crippen molar-refractivity contribution >= 4 is 38.9 Å². The summed E-state index contributed by atoms with van der Waals surface area (Å²) in [6, 6.07) is 17.4. The molecule has 0 spiro atoms. The van der Waals surface area contributed by atoms with E-state index in [0.717, 1.165) is 16.7 Å². The fraction of sp³-hybridized carbons (Fsp3) is 0.208. The van der Waals surface area contributed by atoms with Crippen molar-refractivity contribution in [3.63, 3.8) is 0 Å². The zero-order valence-electron chi connectivity index (χ0n) is 17.8. The first kappa shape index (κ1) is 22.2. The predicted molar refractivity (Wildman–Crippen MR) is 126 cm³/mol. The summed E-state index contributed by atoms with van der Waals surface area (Å²) in [5.74, 6) is -0.0997. The van der Waals surface area contributed by atoms with Crippen LogP contribution in [-0.2, 0) is 21.2 Å². The Morgan fingerprint density at radius 2 is 1.84 bits per heavy atom. The molecule has 0 radical (unpaired) electrons. The number of carbonyl (C=O) groups excluding carboxylic acids is 1. The van der Waals surface area contributed by atoms with Gasteiger partial charge in [-0.2, -0.15) is 0 Å². The summed E-state index contributed by atoms with van der Waals surface area (Å²) in [6.07, 6.45) is 0.667. The van der Waals surface area contributed by atoms with Gasteiger partial charge in [0.25, 0.3) is 15.9 Å². The van der Waals surface area contributed by atoms with Crippen LogP contribution in [-0.4, -0.2) is 27.5 Å². The van der Waals surface area contributed by atoms with Crippen LogP contribution in [0.4, 0.5) is 11.4 Å². The average molecular weight is 471 g/mol. The molecule has 3 aromatic carbocycles. The Bertz CT molecular complexity index is 1290. The number of ether oxygens (including phenoxy) is 1. The summed E-state index contributed by atoms with van der Waals surface area (Å²) in [6.45, 7) is 4.10. The molecule has 3 aromatic rings. The second kappa shape index (κ2) is 8.84. The molecular weight excluding hydrogens is 448 g/mol. The number of hydrogen-bond acceptors (Lipinski definition) is 4. The Balaban J connectivity index is 1.44. The van der Waals surface area contributed by atoms with E-state index in [9.17, 15) is 13.2 Å². The maximum atomic E-state index is 13.1. The Kier molecular flexibility index (Phi) is 6.13. The molecule has 6 nitrogen and oxygen atoms in total. The number of halogens is 1. The third-order valence-corrected chi connectivity index (χ3v) is 7.59. The number of amides is 1. The first-order valence-corrected chi connectivity index (χ1v) is 12.0. The highest BCUT2D eigenvalue weighted by atomic mass is 35.5. The number of carbonyl (C=O) groups is 1. The molecule has 0 fully saturated rings. The molecule has 0 aliphatic carbocycles. The van der Waals surface area contributed by atoms with Crippen LogP contribution in [0.2, 0.25) is 5.02 Å². The second-order valence-corrected chi connectivity index (χ2v) is 9.95. The van der Waals surface area contributed by atoms with Gasteiger partial charge in [0.1, 0.15) is 5.75 Å². The second-order valence-electron chi connectivity index (χ2n) is 7.68. The van der Waals surface area contributed by atoms with Gasteiger partial charge in [0.05, 0.1) is 15.6 Å². The van der Waals surface area contributed by atoms with Crippen LogP contribution in [0.1, 0.15) is 16.7 Å². The molecule has 0 bridgehead atoms. The standard InChI is InChI=1S/C24H23ClN2O4S/c1-16-7-8-19(13-17(16)2)26-24(28)15-31-23-10-9-20(14-21(23)25)32(29,30)27-12-11-18-5-3-4-6-22(18)27/h3-10,13-14H,11-12,15H2,1-2H3,(H,26,28). The van der Waals surface area contributed by atoms with Crippen LogP contribution in [0, 0.1) is 13.8 Å². The van der Waals surface area contributed by atoms with Gasteiger partial charge in [-0.05, 0) is 73.4 Å². The van der Waals surface area contributed by atoms with Crippen LogP contribution in [0.15, 0.2) is 65.6 Å². The molecule has 32 heavy (non-hydrogen) atoms. The number of aryl methyl sites for hydroxylation is 2. The number of rotatable bonds is 6. The Morgan fingerprint density at radius 3 is 2.59 bits per heavy atom. The summed E-state index contributed by atoms with van der Waals surface area (Å²) in [7, 11) is -3.76. The zero-order chi connectivity index (χ0) is 22.9.